The Balaban J connectivity index is 1.84. The van der Waals surface area contributed by atoms with Crippen molar-refractivity contribution >= 4 is 15.7 Å². The molecule has 2 fully saturated rings. The third kappa shape index (κ3) is 2.64. The van der Waals surface area contributed by atoms with Crippen molar-refractivity contribution in [2.45, 2.75) is 37.6 Å². The first-order valence-electron chi connectivity index (χ1n) is 7.65. The second-order valence-corrected chi connectivity index (χ2v) is 8.47. The average Bonchev–Trinajstić information content (AvgIpc) is 3.20. The maximum absolute atomic E-state index is 13.1. The fraction of sp³-hybridized carbons (Fsp3) is 0.562. The maximum atomic E-state index is 13.1. The molecule has 1 amide bonds. The predicted molar refractivity (Wildman–Crippen MR) is 81.8 cm³/mol. The minimum atomic E-state index is -3.02. The summed E-state index contributed by atoms with van der Waals surface area (Å²) in [4.78, 5) is 14.7. The Labute approximate surface area is 130 Å². The largest absolute Gasteiger partial charge is 0.338 e. The lowest BCUT2D eigenvalue weighted by atomic mass is 9.93. The molecule has 4 nitrogen and oxygen atoms in total. The van der Waals surface area contributed by atoms with Gasteiger partial charge in [-0.3, -0.25) is 4.79 Å². The topological polar surface area (TPSA) is 54.5 Å². The van der Waals surface area contributed by atoms with Gasteiger partial charge in [0.25, 0.3) is 0 Å². The lowest BCUT2D eigenvalue weighted by Gasteiger charge is -2.31. The van der Waals surface area contributed by atoms with Crippen LogP contribution in [-0.4, -0.2) is 43.3 Å². The van der Waals surface area contributed by atoms with E-state index < -0.39 is 15.3 Å². The molecule has 1 aliphatic carbocycles. The zero-order valence-electron chi connectivity index (χ0n) is 12.6. The van der Waals surface area contributed by atoms with Crippen molar-refractivity contribution in [2.24, 2.45) is 0 Å². The number of rotatable bonds is 4. The Morgan fingerprint density at radius 1 is 1.32 bits per heavy atom. The van der Waals surface area contributed by atoms with Crippen LogP contribution in [0.3, 0.4) is 0 Å². The lowest BCUT2D eigenvalue weighted by molar-refractivity contribution is -0.135. The monoisotopic (exact) mass is 325 g/mol. The van der Waals surface area contributed by atoms with Crippen molar-refractivity contribution in [3.8, 4) is 0 Å². The van der Waals surface area contributed by atoms with Gasteiger partial charge in [-0.2, -0.15) is 0 Å². The predicted octanol–water partition coefficient (Wildman–Crippen LogP) is 1.89. The molecule has 0 spiro atoms. The highest BCUT2D eigenvalue weighted by atomic mass is 32.2. The van der Waals surface area contributed by atoms with Gasteiger partial charge in [-0.1, -0.05) is 12.1 Å². The van der Waals surface area contributed by atoms with Crippen LogP contribution < -0.4 is 0 Å². The van der Waals surface area contributed by atoms with E-state index in [1.54, 1.807) is 17.0 Å². The molecule has 1 atom stereocenters. The Morgan fingerprint density at radius 3 is 2.41 bits per heavy atom. The Kier molecular flexibility index (Phi) is 3.75. The molecule has 1 heterocycles. The van der Waals surface area contributed by atoms with Crippen LogP contribution in [0.5, 0.6) is 0 Å². The van der Waals surface area contributed by atoms with Crippen molar-refractivity contribution in [3.63, 3.8) is 0 Å². The number of hydrogen-bond acceptors (Lipinski definition) is 3. The van der Waals surface area contributed by atoms with Gasteiger partial charge in [0.15, 0.2) is 9.84 Å². The van der Waals surface area contributed by atoms with Crippen molar-refractivity contribution < 1.29 is 17.6 Å². The van der Waals surface area contributed by atoms with E-state index in [2.05, 4.69) is 0 Å². The van der Waals surface area contributed by atoms with Gasteiger partial charge in [0.05, 0.1) is 16.9 Å². The van der Waals surface area contributed by atoms with Crippen LogP contribution in [0.2, 0.25) is 0 Å². The summed E-state index contributed by atoms with van der Waals surface area (Å²) in [5.41, 5.74) is 0.258. The molecule has 1 saturated carbocycles. The van der Waals surface area contributed by atoms with Gasteiger partial charge in [0, 0.05) is 12.6 Å². The molecule has 0 bridgehead atoms. The number of hydrogen-bond donors (Lipinski definition) is 0. The van der Waals surface area contributed by atoms with Gasteiger partial charge in [0.1, 0.15) is 5.82 Å². The zero-order chi connectivity index (χ0) is 16.0. The minimum absolute atomic E-state index is 0.0105. The highest BCUT2D eigenvalue weighted by Gasteiger charge is 2.54. The molecule has 1 saturated heterocycles. The van der Waals surface area contributed by atoms with Gasteiger partial charge in [-0.15, -0.1) is 0 Å². The molecule has 22 heavy (non-hydrogen) atoms. The van der Waals surface area contributed by atoms with Crippen molar-refractivity contribution in [3.05, 3.63) is 35.6 Å². The van der Waals surface area contributed by atoms with Crippen LogP contribution in [0.4, 0.5) is 4.39 Å². The SMILES string of the molecule is CCN(C(=O)C1(c2ccc(F)cc2)CC1)C1CCS(=O)(=O)C1. The fourth-order valence-electron chi connectivity index (χ4n) is 3.38. The van der Waals surface area contributed by atoms with E-state index in [1.807, 2.05) is 6.92 Å². The number of nitrogens with zero attached hydrogens (tertiary/aromatic N) is 1. The van der Waals surface area contributed by atoms with Gasteiger partial charge in [0.2, 0.25) is 5.91 Å². The van der Waals surface area contributed by atoms with E-state index in [9.17, 15) is 17.6 Å². The second kappa shape index (κ2) is 5.33. The summed E-state index contributed by atoms with van der Waals surface area (Å²) in [6, 6.07) is 5.86. The van der Waals surface area contributed by atoms with Gasteiger partial charge < -0.3 is 4.90 Å². The van der Waals surface area contributed by atoms with Crippen molar-refractivity contribution in [1.82, 2.24) is 4.90 Å². The number of benzene rings is 1. The molecule has 1 aliphatic heterocycles. The van der Waals surface area contributed by atoms with Crippen LogP contribution in [0, 0.1) is 5.82 Å². The molecule has 0 N–H and O–H groups in total. The highest BCUT2D eigenvalue weighted by molar-refractivity contribution is 7.91. The highest BCUT2D eigenvalue weighted by Crippen LogP contribution is 2.50. The molecule has 6 heteroatoms. The quantitative estimate of drug-likeness (QED) is 0.849. The fourth-order valence-corrected chi connectivity index (χ4v) is 5.11. The maximum Gasteiger partial charge on any atom is 0.233 e. The van der Waals surface area contributed by atoms with E-state index in [0.29, 0.717) is 13.0 Å². The summed E-state index contributed by atoms with van der Waals surface area (Å²) < 4.78 is 36.4. The van der Waals surface area contributed by atoms with E-state index in [1.165, 1.54) is 12.1 Å². The normalized spacial score (nSPS) is 24.9. The van der Waals surface area contributed by atoms with E-state index in [0.717, 1.165) is 18.4 Å². The standard InChI is InChI=1S/C16H20FNO3S/c1-2-18(14-7-10-22(20,21)11-14)15(19)16(8-9-16)12-3-5-13(17)6-4-12/h3-6,14H,2,7-11H2,1H3. The number of likely N-dealkylation sites (N-methyl/N-ethyl adjacent to an activating group) is 1. The van der Waals surface area contributed by atoms with Crippen LogP contribution in [0.1, 0.15) is 31.7 Å². The van der Waals surface area contributed by atoms with Crippen molar-refractivity contribution in [2.75, 3.05) is 18.1 Å². The summed E-state index contributed by atoms with van der Waals surface area (Å²) in [6.45, 7) is 2.38. The molecule has 1 aromatic rings. The molecule has 0 aromatic heterocycles. The first-order chi connectivity index (χ1) is 10.4. The minimum Gasteiger partial charge on any atom is -0.338 e. The number of halogens is 1. The molecule has 2 aliphatic rings. The summed E-state index contributed by atoms with van der Waals surface area (Å²) >= 11 is 0. The van der Waals surface area contributed by atoms with Crippen LogP contribution in [-0.2, 0) is 20.0 Å². The summed E-state index contributed by atoms with van der Waals surface area (Å²) in [6.07, 6.45) is 2.00. The van der Waals surface area contributed by atoms with E-state index in [4.69, 9.17) is 0 Å². The summed E-state index contributed by atoms with van der Waals surface area (Å²) in [5, 5.41) is 0. The first kappa shape index (κ1) is 15.5. The smallest absolute Gasteiger partial charge is 0.233 e. The zero-order valence-corrected chi connectivity index (χ0v) is 13.4. The van der Waals surface area contributed by atoms with Gasteiger partial charge >= 0.3 is 0 Å². The average molecular weight is 325 g/mol. The number of carbonyl (C=O) groups is 1. The Bertz CT molecular complexity index is 680. The Morgan fingerprint density at radius 2 is 1.95 bits per heavy atom. The van der Waals surface area contributed by atoms with Crippen molar-refractivity contribution in [1.29, 1.82) is 0 Å². The van der Waals surface area contributed by atoms with E-state index >= 15 is 0 Å². The first-order valence-corrected chi connectivity index (χ1v) is 9.48. The van der Waals surface area contributed by atoms with Crippen LogP contribution in [0.25, 0.3) is 0 Å². The number of sulfone groups is 1. The summed E-state index contributed by atoms with van der Waals surface area (Å²) in [7, 11) is -3.02. The number of amides is 1. The van der Waals surface area contributed by atoms with Crippen LogP contribution >= 0.6 is 0 Å². The molecule has 1 aromatic carbocycles. The van der Waals surface area contributed by atoms with Crippen LogP contribution in [0.15, 0.2) is 24.3 Å². The molecular weight excluding hydrogens is 305 g/mol. The molecular formula is C16H20FNO3S. The molecule has 120 valence electrons. The molecule has 3 rings (SSSR count). The lowest BCUT2D eigenvalue weighted by Crippen LogP contribution is -2.46. The molecule has 0 radical (unpaired) electrons. The summed E-state index contributed by atoms with van der Waals surface area (Å²) in [5.74, 6) is -0.109. The second-order valence-electron chi connectivity index (χ2n) is 6.24. The third-order valence-electron chi connectivity index (χ3n) is 4.81. The van der Waals surface area contributed by atoms with E-state index in [-0.39, 0.29) is 29.3 Å². The Hall–Kier alpha value is -1.43. The van der Waals surface area contributed by atoms with Gasteiger partial charge in [-0.25, -0.2) is 12.8 Å². The third-order valence-corrected chi connectivity index (χ3v) is 6.56. The molecule has 1 unspecified atom stereocenters. The van der Waals surface area contributed by atoms with Gasteiger partial charge in [-0.05, 0) is 43.9 Å². The number of carbonyl (C=O) groups excluding carboxylic acids is 1.